The third-order valence-electron chi connectivity index (χ3n) is 2.78. The van der Waals surface area contributed by atoms with Crippen molar-refractivity contribution >= 4 is 11.9 Å². The molecule has 5 heteroatoms. The van der Waals surface area contributed by atoms with Gasteiger partial charge >= 0.3 is 5.97 Å². The van der Waals surface area contributed by atoms with Crippen LogP contribution in [0.25, 0.3) is 0 Å². The summed E-state index contributed by atoms with van der Waals surface area (Å²) in [7, 11) is 0. The van der Waals surface area contributed by atoms with Gasteiger partial charge < -0.3 is 15.1 Å². The Labute approximate surface area is 80.6 Å². The molecule has 2 aliphatic rings. The molecule has 2 heterocycles. The van der Waals surface area contributed by atoms with Crippen LogP contribution in [0.1, 0.15) is 19.3 Å². The monoisotopic (exact) mass is 197 g/mol. The molecule has 2 aliphatic heterocycles. The van der Waals surface area contributed by atoms with Crippen LogP contribution in [0.5, 0.6) is 0 Å². The molecule has 1 unspecified atom stereocenters. The van der Waals surface area contributed by atoms with E-state index in [1.807, 2.05) is 0 Å². The summed E-state index contributed by atoms with van der Waals surface area (Å²) in [6.45, 7) is 0. The normalized spacial score (nSPS) is 31.3. The van der Waals surface area contributed by atoms with Crippen molar-refractivity contribution in [2.45, 2.75) is 31.3 Å². The average Bonchev–Trinajstić information content (AvgIpc) is 2.47. The van der Waals surface area contributed by atoms with Crippen molar-refractivity contribution in [2.24, 2.45) is 0 Å². The Morgan fingerprint density at radius 2 is 2.21 bits per heavy atom. The van der Waals surface area contributed by atoms with E-state index >= 15 is 0 Å². The molecular weight excluding hydrogens is 186 g/mol. The summed E-state index contributed by atoms with van der Waals surface area (Å²) in [6.07, 6.45) is 2.63. The van der Waals surface area contributed by atoms with Crippen LogP contribution in [0.3, 0.4) is 0 Å². The lowest BCUT2D eigenvalue weighted by molar-refractivity contribution is -0.148. The molecule has 2 rings (SSSR count). The standard InChI is InChI=1S/C9H11NO4/c11-6-3-5-1-2-7(9(13)14)10(5)8(12)4-6/h4-5,7,11H,1-3H2,(H,13,14)/t5?,7-/m0/s1. The predicted molar refractivity (Wildman–Crippen MR) is 46.6 cm³/mol. The predicted octanol–water partition coefficient (Wildman–Crippen LogP) is 0.276. The van der Waals surface area contributed by atoms with Gasteiger partial charge in [0.15, 0.2) is 0 Å². The van der Waals surface area contributed by atoms with E-state index in [-0.39, 0.29) is 17.7 Å². The minimum atomic E-state index is -0.962. The summed E-state index contributed by atoms with van der Waals surface area (Å²) < 4.78 is 0. The van der Waals surface area contributed by atoms with Crippen molar-refractivity contribution in [3.05, 3.63) is 11.8 Å². The van der Waals surface area contributed by atoms with Gasteiger partial charge in [-0.1, -0.05) is 0 Å². The second kappa shape index (κ2) is 3.01. The largest absolute Gasteiger partial charge is 0.512 e. The number of carboxylic acids is 1. The first-order valence-electron chi connectivity index (χ1n) is 4.54. The second-order valence-electron chi connectivity index (χ2n) is 3.67. The van der Waals surface area contributed by atoms with Gasteiger partial charge in [0.1, 0.15) is 6.04 Å². The fourth-order valence-electron chi connectivity index (χ4n) is 2.18. The Balaban J connectivity index is 2.26. The lowest BCUT2D eigenvalue weighted by Gasteiger charge is -2.30. The van der Waals surface area contributed by atoms with Gasteiger partial charge in [-0.3, -0.25) is 4.79 Å². The fraction of sp³-hybridized carbons (Fsp3) is 0.556. The second-order valence-corrected chi connectivity index (χ2v) is 3.67. The van der Waals surface area contributed by atoms with E-state index in [0.29, 0.717) is 19.3 Å². The van der Waals surface area contributed by atoms with Crippen molar-refractivity contribution in [1.29, 1.82) is 0 Å². The fourth-order valence-corrected chi connectivity index (χ4v) is 2.18. The molecule has 1 amide bonds. The van der Waals surface area contributed by atoms with Crippen LogP contribution >= 0.6 is 0 Å². The first kappa shape index (κ1) is 9.05. The van der Waals surface area contributed by atoms with Crippen LogP contribution in [0.15, 0.2) is 11.8 Å². The van der Waals surface area contributed by atoms with E-state index in [2.05, 4.69) is 0 Å². The van der Waals surface area contributed by atoms with Crippen LogP contribution in [0, 0.1) is 0 Å². The molecule has 0 spiro atoms. The first-order chi connectivity index (χ1) is 6.59. The molecule has 14 heavy (non-hydrogen) atoms. The molecule has 0 aromatic heterocycles. The van der Waals surface area contributed by atoms with Crippen LogP contribution in [0.2, 0.25) is 0 Å². The molecule has 1 saturated heterocycles. The highest BCUT2D eigenvalue weighted by atomic mass is 16.4. The number of hydrogen-bond donors (Lipinski definition) is 2. The van der Waals surface area contributed by atoms with E-state index in [9.17, 15) is 14.7 Å². The molecule has 0 bridgehead atoms. The van der Waals surface area contributed by atoms with Crippen molar-refractivity contribution in [1.82, 2.24) is 4.90 Å². The quantitative estimate of drug-likeness (QED) is 0.632. The summed E-state index contributed by atoms with van der Waals surface area (Å²) in [5.41, 5.74) is 0. The number of rotatable bonds is 1. The third kappa shape index (κ3) is 1.25. The number of carbonyl (C=O) groups excluding carboxylic acids is 1. The van der Waals surface area contributed by atoms with E-state index in [0.717, 1.165) is 6.08 Å². The number of carbonyl (C=O) groups is 2. The summed E-state index contributed by atoms with van der Waals surface area (Å²) in [5, 5.41) is 18.1. The minimum absolute atomic E-state index is 0.0577. The lowest BCUT2D eigenvalue weighted by atomic mass is 10.1. The molecule has 2 N–H and O–H groups in total. The Hall–Kier alpha value is -1.52. The number of aliphatic hydroxyl groups is 1. The summed E-state index contributed by atoms with van der Waals surface area (Å²) >= 11 is 0. The zero-order valence-electron chi connectivity index (χ0n) is 7.51. The number of nitrogens with zero attached hydrogens (tertiary/aromatic N) is 1. The van der Waals surface area contributed by atoms with Gasteiger partial charge in [0.25, 0.3) is 5.91 Å². The topological polar surface area (TPSA) is 77.8 Å². The maximum Gasteiger partial charge on any atom is 0.326 e. The molecule has 0 radical (unpaired) electrons. The highest BCUT2D eigenvalue weighted by Gasteiger charge is 2.42. The van der Waals surface area contributed by atoms with E-state index in [4.69, 9.17) is 5.11 Å². The molecule has 2 atom stereocenters. The smallest absolute Gasteiger partial charge is 0.326 e. The van der Waals surface area contributed by atoms with Gasteiger partial charge in [-0.15, -0.1) is 0 Å². The molecule has 1 fully saturated rings. The van der Waals surface area contributed by atoms with E-state index in [1.165, 1.54) is 4.90 Å². The maximum atomic E-state index is 11.4. The molecule has 0 aliphatic carbocycles. The van der Waals surface area contributed by atoms with Crippen molar-refractivity contribution < 1.29 is 19.8 Å². The van der Waals surface area contributed by atoms with Gasteiger partial charge in [-0.05, 0) is 12.8 Å². The number of amides is 1. The Bertz CT molecular complexity index is 323. The molecular formula is C9H11NO4. The number of aliphatic carboxylic acids is 1. The Morgan fingerprint density at radius 3 is 2.86 bits per heavy atom. The first-order valence-corrected chi connectivity index (χ1v) is 4.54. The molecule has 0 aromatic carbocycles. The average molecular weight is 197 g/mol. The van der Waals surface area contributed by atoms with Gasteiger partial charge in [-0.2, -0.15) is 0 Å². The molecule has 76 valence electrons. The van der Waals surface area contributed by atoms with Crippen LogP contribution < -0.4 is 0 Å². The Morgan fingerprint density at radius 1 is 1.50 bits per heavy atom. The maximum absolute atomic E-state index is 11.4. The third-order valence-corrected chi connectivity index (χ3v) is 2.78. The number of hydrogen-bond acceptors (Lipinski definition) is 3. The number of aliphatic hydroxyl groups excluding tert-OH is 1. The van der Waals surface area contributed by atoms with E-state index in [1.54, 1.807) is 0 Å². The van der Waals surface area contributed by atoms with Gasteiger partial charge in [0.2, 0.25) is 0 Å². The number of carboxylic acid groups (broad SMARTS) is 1. The molecule has 0 saturated carbocycles. The van der Waals surface area contributed by atoms with Gasteiger partial charge in [0.05, 0.1) is 5.76 Å². The molecule has 0 aromatic rings. The number of fused-ring (bicyclic) bond motifs is 1. The Kier molecular flexibility index (Phi) is 1.94. The minimum Gasteiger partial charge on any atom is -0.512 e. The van der Waals surface area contributed by atoms with Crippen molar-refractivity contribution in [2.75, 3.05) is 0 Å². The van der Waals surface area contributed by atoms with Crippen LogP contribution in [-0.4, -0.2) is 39.1 Å². The van der Waals surface area contributed by atoms with Crippen LogP contribution in [0.4, 0.5) is 0 Å². The van der Waals surface area contributed by atoms with Gasteiger partial charge in [-0.25, -0.2) is 4.79 Å². The van der Waals surface area contributed by atoms with Crippen molar-refractivity contribution in [3.8, 4) is 0 Å². The molecule has 5 nitrogen and oxygen atoms in total. The van der Waals surface area contributed by atoms with Crippen LogP contribution in [-0.2, 0) is 9.59 Å². The van der Waals surface area contributed by atoms with Crippen molar-refractivity contribution in [3.63, 3.8) is 0 Å². The lowest BCUT2D eigenvalue weighted by Crippen LogP contribution is -2.46. The summed E-state index contributed by atoms with van der Waals surface area (Å²) in [6, 6.07) is -0.842. The zero-order valence-corrected chi connectivity index (χ0v) is 7.51. The highest BCUT2D eigenvalue weighted by Crippen LogP contribution is 2.31. The SMILES string of the molecule is O=C(O)[C@@H]1CCC2CC(O)=CC(=O)N21. The van der Waals surface area contributed by atoms with E-state index < -0.39 is 12.0 Å². The highest BCUT2D eigenvalue weighted by molar-refractivity contribution is 5.93. The van der Waals surface area contributed by atoms with Gasteiger partial charge in [0, 0.05) is 18.5 Å². The summed E-state index contributed by atoms with van der Waals surface area (Å²) in [5.74, 6) is -1.29. The summed E-state index contributed by atoms with van der Waals surface area (Å²) in [4.78, 5) is 23.6. The zero-order chi connectivity index (χ0) is 10.3.